The van der Waals surface area contributed by atoms with E-state index in [9.17, 15) is 5.11 Å². The van der Waals surface area contributed by atoms with Gasteiger partial charge in [0.1, 0.15) is 6.10 Å². The Hall–Kier alpha value is -1.94. The Labute approximate surface area is 179 Å². The van der Waals surface area contributed by atoms with Crippen LogP contribution in [0.15, 0.2) is 48.8 Å². The monoisotopic (exact) mass is 401 g/mol. The maximum Gasteiger partial charge on any atom is 0.101 e. The van der Waals surface area contributed by atoms with Gasteiger partial charge in [0.15, 0.2) is 0 Å². The molecule has 164 valence electrons. The van der Waals surface area contributed by atoms with E-state index in [-0.39, 0.29) is 5.92 Å². The summed E-state index contributed by atoms with van der Waals surface area (Å²) in [6.07, 6.45) is 4.04. The van der Waals surface area contributed by atoms with Crippen LogP contribution in [0.2, 0.25) is 0 Å². The van der Waals surface area contributed by atoms with Crippen LogP contribution < -0.4 is 10.2 Å². The molecule has 29 heavy (non-hydrogen) atoms. The minimum absolute atomic E-state index is 0.0491. The van der Waals surface area contributed by atoms with Crippen molar-refractivity contribution in [3.8, 4) is 0 Å². The Morgan fingerprint density at radius 3 is 2.07 bits per heavy atom. The molecule has 1 aliphatic rings. The lowest BCUT2D eigenvalue weighted by molar-refractivity contribution is 0.152. The Morgan fingerprint density at radius 2 is 1.59 bits per heavy atom. The number of benzene rings is 1. The van der Waals surface area contributed by atoms with Gasteiger partial charge in [-0.15, -0.1) is 0 Å². The molecule has 4 nitrogen and oxygen atoms in total. The molecule has 0 amide bonds. The molecule has 1 saturated heterocycles. The second-order valence-electron chi connectivity index (χ2n) is 7.60. The van der Waals surface area contributed by atoms with Crippen LogP contribution in [0.3, 0.4) is 0 Å². The fraction of sp³-hybridized carbons (Fsp3) is 0.600. The Morgan fingerprint density at radius 1 is 1.07 bits per heavy atom. The van der Waals surface area contributed by atoms with Crippen molar-refractivity contribution in [2.45, 2.75) is 66.4 Å². The normalized spacial score (nSPS) is 15.2. The van der Waals surface area contributed by atoms with E-state index in [0.717, 1.165) is 50.4 Å². The first-order chi connectivity index (χ1) is 14.0. The van der Waals surface area contributed by atoms with Gasteiger partial charge in [-0.25, -0.2) is 0 Å². The average Bonchev–Trinajstić information content (AvgIpc) is 3.29. The van der Waals surface area contributed by atoms with Gasteiger partial charge in [-0.2, -0.15) is 0 Å². The van der Waals surface area contributed by atoms with Crippen molar-refractivity contribution in [1.29, 1.82) is 0 Å². The minimum atomic E-state index is -0.658. The second kappa shape index (κ2) is 13.3. The van der Waals surface area contributed by atoms with Gasteiger partial charge in [0.25, 0.3) is 0 Å². The fourth-order valence-electron chi connectivity index (χ4n) is 3.70. The van der Waals surface area contributed by atoms with Crippen molar-refractivity contribution in [2.75, 3.05) is 36.4 Å². The van der Waals surface area contributed by atoms with Gasteiger partial charge in [-0.3, -0.25) is 0 Å². The van der Waals surface area contributed by atoms with Crippen molar-refractivity contribution in [1.82, 2.24) is 4.90 Å². The zero-order valence-corrected chi connectivity index (χ0v) is 19.4. The van der Waals surface area contributed by atoms with Gasteiger partial charge in [0.05, 0.1) is 0 Å². The Balaban J connectivity index is 0.00000204. The van der Waals surface area contributed by atoms with Gasteiger partial charge in [0.2, 0.25) is 0 Å². The Kier molecular flexibility index (Phi) is 11.5. The number of hydrogen-bond acceptors (Lipinski definition) is 4. The summed E-state index contributed by atoms with van der Waals surface area (Å²) in [5.74, 6) is -0.0491. The van der Waals surface area contributed by atoms with Crippen molar-refractivity contribution in [3.63, 3.8) is 0 Å². The third-order valence-corrected chi connectivity index (χ3v) is 5.39. The van der Waals surface area contributed by atoms with E-state index in [1.807, 2.05) is 20.8 Å². The molecule has 1 aromatic carbocycles. The summed E-state index contributed by atoms with van der Waals surface area (Å²) in [5, 5.41) is 14.0. The largest absolute Gasteiger partial charge is 0.386 e. The zero-order valence-electron chi connectivity index (χ0n) is 19.4. The quantitative estimate of drug-likeness (QED) is 0.486. The van der Waals surface area contributed by atoms with Crippen LogP contribution in [0.4, 0.5) is 11.4 Å². The first-order valence-corrected chi connectivity index (χ1v) is 11.4. The highest BCUT2D eigenvalue weighted by atomic mass is 16.3. The number of aliphatic hydroxyl groups is 1. The number of anilines is 2. The van der Waals surface area contributed by atoms with Crippen molar-refractivity contribution < 1.29 is 5.11 Å². The van der Waals surface area contributed by atoms with E-state index in [2.05, 4.69) is 66.4 Å². The highest BCUT2D eigenvalue weighted by molar-refractivity contribution is 5.57. The lowest BCUT2D eigenvalue weighted by atomic mass is 9.98. The zero-order chi connectivity index (χ0) is 21.8. The van der Waals surface area contributed by atoms with Crippen LogP contribution >= 0.6 is 0 Å². The molecule has 1 aliphatic heterocycles. The van der Waals surface area contributed by atoms with Gasteiger partial charge < -0.3 is 20.2 Å². The molecule has 2 unspecified atom stereocenters. The van der Waals surface area contributed by atoms with Crippen LogP contribution in [0.25, 0.3) is 0 Å². The topological polar surface area (TPSA) is 38.7 Å². The highest BCUT2D eigenvalue weighted by Crippen LogP contribution is 2.26. The number of nitrogens with zero attached hydrogens (tertiary/aromatic N) is 2. The molecular formula is C25H43N3O. The van der Waals surface area contributed by atoms with E-state index in [1.165, 1.54) is 18.5 Å². The van der Waals surface area contributed by atoms with Crippen LogP contribution in [0, 0.1) is 5.92 Å². The summed E-state index contributed by atoms with van der Waals surface area (Å²) in [6, 6.07) is 8.40. The van der Waals surface area contributed by atoms with Crippen molar-refractivity contribution >= 4 is 11.4 Å². The molecule has 0 radical (unpaired) electrons. The molecule has 1 heterocycles. The third-order valence-electron chi connectivity index (χ3n) is 5.39. The minimum Gasteiger partial charge on any atom is -0.386 e. The summed E-state index contributed by atoms with van der Waals surface area (Å²) >= 11 is 0. The Bertz CT molecular complexity index is 599. The molecule has 0 spiro atoms. The molecule has 4 heteroatoms. The summed E-state index contributed by atoms with van der Waals surface area (Å²) in [5.41, 5.74) is 3.82. The summed E-state index contributed by atoms with van der Waals surface area (Å²) in [7, 11) is 0. The van der Waals surface area contributed by atoms with Gasteiger partial charge in [0, 0.05) is 54.9 Å². The van der Waals surface area contributed by atoms with Crippen LogP contribution in [-0.4, -0.2) is 42.3 Å². The second-order valence-corrected chi connectivity index (χ2v) is 7.60. The van der Waals surface area contributed by atoms with Gasteiger partial charge in [-0.1, -0.05) is 47.8 Å². The molecule has 2 N–H and O–H groups in total. The molecule has 0 bridgehead atoms. The van der Waals surface area contributed by atoms with Gasteiger partial charge >= 0.3 is 0 Å². The lowest BCUT2D eigenvalue weighted by Gasteiger charge is -2.30. The van der Waals surface area contributed by atoms with E-state index in [4.69, 9.17) is 0 Å². The standard InChI is InChI=1S/C23H37N3O.C2H6/c1-6-14-26(15-7-2)22-12-10-21(11-13-22)24-19(4)23(27)18(3)20(5)25-16-8-9-17-25;1-2/h10-13,18,23-24,27H,4-9,14-17H2,1-3H3;1-2H3. The molecule has 2 rings (SSSR count). The summed E-state index contributed by atoms with van der Waals surface area (Å²) in [4.78, 5) is 4.70. The van der Waals surface area contributed by atoms with E-state index in [1.54, 1.807) is 0 Å². The number of aliphatic hydroxyl groups excluding tert-OH is 1. The molecular weight excluding hydrogens is 358 g/mol. The van der Waals surface area contributed by atoms with Crippen LogP contribution in [0.1, 0.15) is 60.3 Å². The predicted molar refractivity (Wildman–Crippen MR) is 128 cm³/mol. The van der Waals surface area contributed by atoms with Gasteiger partial charge in [-0.05, 0) is 49.9 Å². The molecule has 0 aromatic heterocycles. The SMILES string of the molecule is C=C(Nc1ccc(N(CCC)CCC)cc1)C(O)C(C)C(=C)N1CCCC1.CC. The van der Waals surface area contributed by atoms with Crippen LogP contribution in [0.5, 0.6) is 0 Å². The number of rotatable bonds is 11. The molecule has 2 atom stereocenters. The van der Waals surface area contributed by atoms with E-state index < -0.39 is 6.10 Å². The summed E-state index contributed by atoms with van der Waals surface area (Å²) in [6.45, 7) is 22.9. The average molecular weight is 402 g/mol. The van der Waals surface area contributed by atoms with Crippen molar-refractivity contribution in [2.24, 2.45) is 5.92 Å². The number of hydrogen-bond donors (Lipinski definition) is 2. The molecule has 0 aliphatic carbocycles. The lowest BCUT2D eigenvalue weighted by Crippen LogP contribution is -2.31. The maximum atomic E-state index is 10.7. The maximum absolute atomic E-state index is 10.7. The van der Waals surface area contributed by atoms with E-state index >= 15 is 0 Å². The first kappa shape index (κ1) is 25.1. The first-order valence-electron chi connectivity index (χ1n) is 11.4. The third kappa shape index (κ3) is 7.43. The predicted octanol–water partition coefficient (Wildman–Crippen LogP) is 5.87. The number of likely N-dealkylation sites (tertiary alicyclic amines) is 1. The molecule has 1 fully saturated rings. The van der Waals surface area contributed by atoms with E-state index in [0.29, 0.717) is 5.70 Å². The summed E-state index contributed by atoms with van der Waals surface area (Å²) < 4.78 is 0. The molecule has 0 saturated carbocycles. The molecule has 1 aromatic rings. The smallest absolute Gasteiger partial charge is 0.101 e. The van der Waals surface area contributed by atoms with Crippen LogP contribution in [-0.2, 0) is 0 Å². The highest BCUT2D eigenvalue weighted by Gasteiger charge is 2.25. The fourth-order valence-corrected chi connectivity index (χ4v) is 3.70. The number of nitrogens with one attached hydrogen (secondary N) is 1. The van der Waals surface area contributed by atoms with Crippen molar-refractivity contribution in [3.05, 3.63) is 48.8 Å².